The first-order chi connectivity index (χ1) is 20.9. The first-order valence-corrected chi connectivity index (χ1v) is 16.1. The molecule has 5 rings (SSSR count). The second-order valence-electron chi connectivity index (χ2n) is 11.6. The standard InChI is InChI=1S/C32H34ClN5O5S/c1-5-15-42-24-18-26-27(20-38(30(26)34-19-24)44(40,41)25-9-7-6-8-10-25)21-16-28(33)37-29(17-21)35-22-11-13-23(14-12-22)36-31(39)43-32(2,3)4/h1,6-10,16-20,22-23H,11-15H2,2-4H3,(H,35,37)(H,36,39). The van der Waals surface area contributed by atoms with E-state index in [0.29, 0.717) is 28.1 Å². The van der Waals surface area contributed by atoms with Crippen LogP contribution in [0, 0.1) is 12.3 Å². The number of carbonyl (C=O) groups excluding carboxylic acids is 1. The molecule has 1 fully saturated rings. The van der Waals surface area contributed by atoms with Crippen LogP contribution in [0.25, 0.3) is 22.2 Å². The van der Waals surface area contributed by atoms with Crippen LogP contribution in [-0.2, 0) is 14.8 Å². The molecule has 2 N–H and O–H groups in total. The van der Waals surface area contributed by atoms with Crippen molar-refractivity contribution < 1.29 is 22.7 Å². The Bertz CT molecular complexity index is 1800. The van der Waals surface area contributed by atoms with Crippen LogP contribution in [0.3, 0.4) is 0 Å². The summed E-state index contributed by atoms with van der Waals surface area (Å²) < 4.78 is 39.5. The molecule has 0 atom stereocenters. The summed E-state index contributed by atoms with van der Waals surface area (Å²) in [6.07, 6.45) is 11.1. The Morgan fingerprint density at radius 1 is 1.11 bits per heavy atom. The van der Waals surface area contributed by atoms with Gasteiger partial charge < -0.3 is 20.1 Å². The van der Waals surface area contributed by atoms with Gasteiger partial charge in [-0.15, -0.1) is 6.42 Å². The van der Waals surface area contributed by atoms with Crippen molar-refractivity contribution in [2.45, 2.75) is 69.0 Å². The van der Waals surface area contributed by atoms with Crippen molar-refractivity contribution in [3.05, 3.63) is 66.1 Å². The highest BCUT2D eigenvalue weighted by molar-refractivity contribution is 7.90. The lowest BCUT2D eigenvalue weighted by molar-refractivity contribution is 0.0492. The number of hydrogen-bond acceptors (Lipinski definition) is 8. The number of benzene rings is 1. The molecule has 0 saturated heterocycles. The predicted octanol–water partition coefficient (Wildman–Crippen LogP) is 6.25. The number of nitrogens with one attached hydrogen (secondary N) is 2. The summed E-state index contributed by atoms with van der Waals surface area (Å²) in [4.78, 5) is 21.2. The van der Waals surface area contributed by atoms with Gasteiger partial charge in [-0.1, -0.05) is 35.7 Å². The maximum atomic E-state index is 13.7. The summed E-state index contributed by atoms with van der Waals surface area (Å²) in [5, 5.41) is 7.21. The number of nitrogens with zero attached hydrogens (tertiary/aromatic N) is 3. The van der Waals surface area contributed by atoms with E-state index in [-0.39, 0.29) is 34.4 Å². The van der Waals surface area contributed by atoms with Gasteiger partial charge in [0.05, 0.1) is 11.1 Å². The Morgan fingerprint density at radius 2 is 1.82 bits per heavy atom. The van der Waals surface area contributed by atoms with E-state index < -0.39 is 21.7 Å². The van der Waals surface area contributed by atoms with Gasteiger partial charge in [-0.2, -0.15) is 0 Å². The maximum absolute atomic E-state index is 13.7. The van der Waals surface area contributed by atoms with Crippen LogP contribution in [0.15, 0.2) is 65.8 Å². The number of anilines is 1. The SMILES string of the molecule is C#CCOc1cnc2c(c1)c(-c1cc(Cl)nc(NC3CCC(NC(=O)OC(C)(C)C)CC3)c1)cn2S(=O)(=O)c1ccccc1. The minimum atomic E-state index is -3.97. The lowest BCUT2D eigenvalue weighted by atomic mass is 9.91. The number of terminal acetylenes is 1. The van der Waals surface area contributed by atoms with E-state index in [4.69, 9.17) is 27.5 Å². The first-order valence-electron chi connectivity index (χ1n) is 14.2. The summed E-state index contributed by atoms with van der Waals surface area (Å²) >= 11 is 6.49. The van der Waals surface area contributed by atoms with Crippen LogP contribution in [0.1, 0.15) is 46.5 Å². The highest BCUT2D eigenvalue weighted by atomic mass is 35.5. The van der Waals surface area contributed by atoms with Crippen molar-refractivity contribution in [3.8, 4) is 29.2 Å². The highest BCUT2D eigenvalue weighted by Crippen LogP contribution is 2.36. The van der Waals surface area contributed by atoms with Crippen LogP contribution in [0.4, 0.5) is 10.6 Å². The van der Waals surface area contributed by atoms with Gasteiger partial charge in [-0.05, 0) is 82.3 Å². The van der Waals surface area contributed by atoms with Crippen LogP contribution < -0.4 is 15.4 Å². The zero-order valence-corrected chi connectivity index (χ0v) is 26.3. The molecule has 1 saturated carbocycles. The second kappa shape index (κ2) is 12.8. The molecule has 3 aromatic heterocycles. The molecule has 10 nitrogen and oxygen atoms in total. The van der Waals surface area contributed by atoms with Crippen molar-refractivity contribution in [3.63, 3.8) is 0 Å². The quantitative estimate of drug-likeness (QED) is 0.172. The smallest absolute Gasteiger partial charge is 0.407 e. The van der Waals surface area contributed by atoms with E-state index >= 15 is 0 Å². The second-order valence-corrected chi connectivity index (χ2v) is 13.8. The molecule has 1 amide bonds. The first kappa shape index (κ1) is 31.2. The molecule has 0 aliphatic heterocycles. The average Bonchev–Trinajstić information content (AvgIpc) is 3.36. The fourth-order valence-corrected chi connectivity index (χ4v) is 6.73. The van der Waals surface area contributed by atoms with E-state index in [1.54, 1.807) is 30.3 Å². The number of ether oxygens (including phenoxy) is 2. The molecule has 1 aliphatic rings. The van der Waals surface area contributed by atoms with E-state index in [9.17, 15) is 13.2 Å². The number of halogens is 1. The molecule has 4 aromatic rings. The van der Waals surface area contributed by atoms with Crippen LogP contribution in [0.2, 0.25) is 5.15 Å². The Kier molecular flexibility index (Phi) is 9.04. The number of amides is 1. The number of hydrogen-bond donors (Lipinski definition) is 2. The fourth-order valence-electron chi connectivity index (χ4n) is 5.18. The Hall–Kier alpha value is -4.27. The Balaban J connectivity index is 1.43. The van der Waals surface area contributed by atoms with Gasteiger partial charge in [0.15, 0.2) is 5.65 Å². The molecule has 12 heteroatoms. The largest absolute Gasteiger partial charge is 0.479 e. The normalized spacial score (nSPS) is 17.1. The highest BCUT2D eigenvalue weighted by Gasteiger charge is 2.26. The van der Waals surface area contributed by atoms with Crippen LogP contribution >= 0.6 is 11.6 Å². The zero-order valence-electron chi connectivity index (χ0n) is 24.7. The topological polar surface area (TPSA) is 124 Å². The van der Waals surface area contributed by atoms with Gasteiger partial charge in [-0.3, -0.25) is 0 Å². The van der Waals surface area contributed by atoms with Gasteiger partial charge in [-0.25, -0.2) is 27.2 Å². The minimum absolute atomic E-state index is 0.0295. The third kappa shape index (κ3) is 7.26. The van der Waals surface area contributed by atoms with Gasteiger partial charge >= 0.3 is 6.09 Å². The molecule has 0 unspecified atom stereocenters. The van der Waals surface area contributed by atoms with Crippen molar-refractivity contribution in [1.29, 1.82) is 0 Å². The van der Waals surface area contributed by atoms with Gasteiger partial charge in [0.2, 0.25) is 0 Å². The van der Waals surface area contributed by atoms with Gasteiger partial charge in [0, 0.05) is 29.2 Å². The van der Waals surface area contributed by atoms with E-state index in [1.807, 2.05) is 26.8 Å². The van der Waals surface area contributed by atoms with Gasteiger partial charge in [0.1, 0.15) is 28.9 Å². The lowest BCUT2D eigenvalue weighted by Gasteiger charge is -2.30. The minimum Gasteiger partial charge on any atom is -0.479 e. The maximum Gasteiger partial charge on any atom is 0.407 e. The number of aromatic nitrogens is 3. The van der Waals surface area contributed by atoms with Crippen molar-refractivity contribution in [1.82, 2.24) is 19.3 Å². The number of pyridine rings is 2. The molecule has 1 aromatic carbocycles. The Labute approximate surface area is 262 Å². The van der Waals surface area contributed by atoms with Crippen molar-refractivity contribution in [2.24, 2.45) is 0 Å². The van der Waals surface area contributed by atoms with Crippen molar-refractivity contribution in [2.75, 3.05) is 11.9 Å². The molecule has 0 bridgehead atoms. The molecular weight excluding hydrogens is 602 g/mol. The predicted molar refractivity (Wildman–Crippen MR) is 170 cm³/mol. The average molecular weight is 636 g/mol. The van der Waals surface area contributed by atoms with Crippen LogP contribution in [-0.4, -0.2) is 52.7 Å². The summed E-state index contributed by atoms with van der Waals surface area (Å²) in [5.41, 5.74) is 0.907. The molecular formula is C32H34ClN5O5S. The number of rotatable bonds is 8. The summed E-state index contributed by atoms with van der Waals surface area (Å²) in [5.74, 6) is 3.38. The molecule has 3 heterocycles. The summed E-state index contributed by atoms with van der Waals surface area (Å²) in [6, 6.07) is 13.5. The number of alkyl carbamates (subject to hydrolysis) is 1. The summed E-state index contributed by atoms with van der Waals surface area (Å²) in [7, 11) is -3.97. The fraction of sp³-hybridized carbons (Fsp3) is 0.344. The van der Waals surface area contributed by atoms with E-state index in [1.165, 1.54) is 28.5 Å². The lowest BCUT2D eigenvalue weighted by Crippen LogP contribution is -2.42. The van der Waals surface area contributed by atoms with E-state index in [0.717, 1.165) is 25.7 Å². The molecule has 230 valence electrons. The zero-order chi connectivity index (χ0) is 31.5. The molecule has 0 spiro atoms. The van der Waals surface area contributed by atoms with Crippen LogP contribution in [0.5, 0.6) is 5.75 Å². The molecule has 1 aliphatic carbocycles. The summed E-state index contributed by atoms with van der Waals surface area (Å²) in [6.45, 7) is 5.54. The number of fused-ring (bicyclic) bond motifs is 1. The third-order valence-corrected chi connectivity index (χ3v) is 8.97. The monoisotopic (exact) mass is 635 g/mol. The molecule has 0 radical (unpaired) electrons. The number of carbonyl (C=O) groups is 1. The molecule has 44 heavy (non-hydrogen) atoms. The Morgan fingerprint density at radius 3 is 2.50 bits per heavy atom. The van der Waals surface area contributed by atoms with Crippen molar-refractivity contribution >= 4 is 44.6 Å². The van der Waals surface area contributed by atoms with E-state index in [2.05, 4.69) is 26.5 Å². The third-order valence-electron chi connectivity index (χ3n) is 7.11. The van der Waals surface area contributed by atoms with Gasteiger partial charge in [0.25, 0.3) is 10.0 Å².